The van der Waals surface area contributed by atoms with Crippen LogP contribution in [0.5, 0.6) is 0 Å². The van der Waals surface area contributed by atoms with Crippen molar-refractivity contribution in [2.24, 2.45) is 11.8 Å². The molecular formula is C19H26O3. The minimum atomic E-state index is -0.663. The summed E-state index contributed by atoms with van der Waals surface area (Å²) in [5.41, 5.74) is 1.92. The molecule has 1 unspecified atom stereocenters. The average molecular weight is 302 g/mol. The van der Waals surface area contributed by atoms with Crippen LogP contribution < -0.4 is 0 Å². The maximum absolute atomic E-state index is 12.5. The predicted molar refractivity (Wildman–Crippen MR) is 87.4 cm³/mol. The van der Waals surface area contributed by atoms with E-state index in [1.807, 2.05) is 37.3 Å². The number of ether oxygens (including phenoxy) is 2. The van der Waals surface area contributed by atoms with Gasteiger partial charge in [-0.3, -0.25) is 0 Å². The van der Waals surface area contributed by atoms with E-state index < -0.39 is 6.10 Å². The van der Waals surface area contributed by atoms with E-state index in [2.05, 4.69) is 13.5 Å². The summed E-state index contributed by atoms with van der Waals surface area (Å²) in [4.78, 5) is 12.5. The summed E-state index contributed by atoms with van der Waals surface area (Å²) in [5, 5.41) is 0. The number of carbonyl (C=O) groups excluding carboxylic acids is 1. The van der Waals surface area contributed by atoms with Gasteiger partial charge in [-0.2, -0.15) is 0 Å². The fourth-order valence-electron chi connectivity index (χ4n) is 3.23. The van der Waals surface area contributed by atoms with Crippen LogP contribution in [-0.2, 0) is 14.3 Å². The highest BCUT2D eigenvalue weighted by Crippen LogP contribution is 2.35. The lowest BCUT2D eigenvalue weighted by Crippen LogP contribution is -2.35. The second-order valence-electron chi connectivity index (χ2n) is 6.37. The summed E-state index contributed by atoms with van der Waals surface area (Å²) in [6, 6.07) is 9.48. The van der Waals surface area contributed by atoms with Crippen molar-refractivity contribution in [3.63, 3.8) is 0 Å². The molecule has 0 heterocycles. The van der Waals surface area contributed by atoms with Gasteiger partial charge in [-0.05, 0) is 37.7 Å². The molecule has 0 spiro atoms. The number of hydrogen-bond acceptors (Lipinski definition) is 3. The van der Waals surface area contributed by atoms with Crippen LogP contribution in [0.4, 0.5) is 0 Å². The number of benzene rings is 1. The van der Waals surface area contributed by atoms with E-state index in [9.17, 15) is 4.79 Å². The lowest BCUT2D eigenvalue weighted by molar-refractivity contribution is -0.166. The van der Waals surface area contributed by atoms with Crippen LogP contribution in [0, 0.1) is 11.8 Å². The fourth-order valence-corrected chi connectivity index (χ4v) is 3.23. The molecule has 1 aliphatic rings. The van der Waals surface area contributed by atoms with Crippen LogP contribution in [0.2, 0.25) is 0 Å². The molecule has 3 nitrogen and oxygen atoms in total. The monoisotopic (exact) mass is 302 g/mol. The van der Waals surface area contributed by atoms with Gasteiger partial charge >= 0.3 is 5.97 Å². The molecule has 1 saturated carbocycles. The Morgan fingerprint density at radius 3 is 2.55 bits per heavy atom. The van der Waals surface area contributed by atoms with E-state index in [1.54, 1.807) is 7.11 Å². The highest BCUT2D eigenvalue weighted by molar-refractivity contribution is 5.76. The summed E-state index contributed by atoms with van der Waals surface area (Å²) in [7, 11) is 1.54. The Balaban J connectivity index is 2.09. The van der Waals surface area contributed by atoms with Gasteiger partial charge in [0, 0.05) is 13.0 Å². The number of carbonyl (C=O) groups is 1. The highest BCUT2D eigenvalue weighted by atomic mass is 16.6. The molecule has 1 fully saturated rings. The van der Waals surface area contributed by atoms with Gasteiger partial charge in [-0.25, -0.2) is 4.79 Å². The zero-order chi connectivity index (χ0) is 16.1. The molecule has 0 aromatic heterocycles. The molecule has 1 aliphatic carbocycles. The number of hydrogen-bond donors (Lipinski definition) is 0. The third kappa shape index (κ3) is 3.98. The molecule has 22 heavy (non-hydrogen) atoms. The van der Waals surface area contributed by atoms with E-state index >= 15 is 0 Å². The van der Waals surface area contributed by atoms with Gasteiger partial charge in [0.25, 0.3) is 0 Å². The molecule has 2 rings (SSSR count). The molecule has 1 aromatic carbocycles. The molecule has 0 aliphatic heterocycles. The van der Waals surface area contributed by atoms with Crippen LogP contribution in [0.3, 0.4) is 0 Å². The van der Waals surface area contributed by atoms with Crippen molar-refractivity contribution in [3.05, 3.63) is 48.0 Å². The van der Waals surface area contributed by atoms with E-state index in [0.29, 0.717) is 5.92 Å². The van der Waals surface area contributed by atoms with Gasteiger partial charge in [-0.1, -0.05) is 49.4 Å². The minimum Gasteiger partial charge on any atom is -0.460 e. The number of rotatable bonds is 5. The quantitative estimate of drug-likeness (QED) is 0.601. The first kappa shape index (κ1) is 16.8. The van der Waals surface area contributed by atoms with Gasteiger partial charge in [0.05, 0.1) is 0 Å². The first-order valence-corrected chi connectivity index (χ1v) is 7.96. The predicted octanol–water partition coefficient (Wildman–Crippen LogP) is 4.30. The number of methoxy groups -OCH3 is 1. The van der Waals surface area contributed by atoms with E-state index in [1.165, 1.54) is 0 Å². The molecule has 1 aromatic rings. The maximum atomic E-state index is 12.5. The van der Waals surface area contributed by atoms with E-state index in [-0.39, 0.29) is 18.0 Å². The molecule has 0 amide bonds. The van der Waals surface area contributed by atoms with Gasteiger partial charge in [0.2, 0.25) is 0 Å². The third-order valence-electron chi connectivity index (χ3n) is 4.51. The van der Waals surface area contributed by atoms with Gasteiger partial charge in [0.1, 0.15) is 6.10 Å². The molecule has 4 atom stereocenters. The Labute approximate surface area is 133 Å². The molecule has 0 saturated heterocycles. The molecule has 0 N–H and O–H groups in total. The normalized spacial score (nSPS) is 26.2. The smallest absolute Gasteiger partial charge is 0.340 e. The van der Waals surface area contributed by atoms with Crippen molar-refractivity contribution in [2.45, 2.75) is 45.3 Å². The van der Waals surface area contributed by atoms with Crippen LogP contribution >= 0.6 is 0 Å². The fraction of sp³-hybridized carbons (Fsp3) is 0.526. The summed E-state index contributed by atoms with van der Waals surface area (Å²) in [6.07, 6.45) is 2.35. The van der Waals surface area contributed by atoms with E-state index in [0.717, 1.165) is 30.4 Å². The van der Waals surface area contributed by atoms with Crippen molar-refractivity contribution in [3.8, 4) is 0 Å². The van der Waals surface area contributed by atoms with Crippen LogP contribution in [0.25, 0.3) is 0 Å². The topological polar surface area (TPSA) is 35.5 Å². The van der Waals surface area contributed by atoms with Gasteiger partial charge in [0.15, 0.2) is 6.10 Å². The SMILES string of the molecule is C=C(C)[C@@H]1CC[C@@H](C)C[C@H]1OC(=O)C(OC)c1ccccc1. The second-order valence-corrected chi connectivity index (χ2v) is 6.37. The zero-order valence-corrected chi connectivity index (χ0v) is 13.7. The molecular weight excluding hydrogens is 276 g/mol. The summed E-state index contributed by atoms with van der Waals surface area (Å²) >= 11 is 0. The summed E-state index contributed by atoms with van der Waals surface area (Å²) in [5.74, 6) is 0.526. The minimum absolute atomic E-state index is 0.0879. The highest BCUT2D eigenvalue weighted by Gasteiger charge is 2.34. The van der Waals surface area contributed by atoms with Crippen molar-refractivity contribution in [1.82, 2.24) is 0 Å². The van der Waals surface area contributed by atoms with Crippen molar-refractivity contribution in [1.29, 1.82) is 0 Å². The molecule has 0 radical (unpaired) electrons. The van der Waals surface area contributed by atoms with Crippen molar-refractivity contribution in [2.75, 3.05) is 7.11 Å². The Kier molecular flexibility index (Phi) is 5.78. The van der Waals surface area contributed by atoms with Crippen LogP contribution in [-0.4, -0.2) is 19.2 Å². The average Bonchev–Trinajstić information content (AvgIpc) is 2.48. The lowest BCUT2D eigenvalue weighted by Gasteiger charge is -2.35. The Morgan fingerprint density at radius 1 is 1.27 bits per heavy atom. The summed E-state index contributed by atoms with van der Waals surface area (Å²) < 4.78 is 11.2. The van der Waals surface area contributed by atoms with E-state index in [4.69, 9.17) is 9.47 Å². The zero-order valence-electron chi connectivity index (χ0n) is 13.7. The van der Waals surface area contributed by atoms with Gasteiger partial charge < -0.3 is 9.47 Å². The van der Waals surface area contributed by atoms with Crippen LogP contribution in [0.1, 0.15) is 44.8 Å². The largest absolute Gasteiger partial charge is 0.460 e. The Hall–Kier alpha value is -1.61. The molecule has 3 heteroatoms. The Morgan fingerprint density at radius 2 is 1.95 bits per heavy atom. The van der Waals surface area contributed by atoms with Crippen LogP contribution in [0.15, 0.2) is 42.5 Å². The summed E-state index contributed by atoms with van der Waals surface area (Å²) in [6.45, 7) is 8.29. The lowest BCUT2D eigenvalue weighted by atomic mass is 9.77. The number of esters is 1. The molecule has 0 bridgehead atoms. The van der Waals surface area contributed by atoms with Crippen molar-refractivity contribution >= 4 is 5.97 Å². The maximum Gasteiger partial charge on any atom is 0.340 e. The first-order valence-electron chi connectivity index (χ1n) is 7.96. The van der Waals surface area contributed by atoms with Gasteiger partial charge in [-0.15, -0.1) is 0 Å². The third-order valence-corrected chi connectivity index (χ3v) is 4.51. The molecule has 120 valence electrons. The van der Waals surface area contributed by atoms with Crippen molar-refractivity contribution < 1.29 is 14.3 Å². The second kappa shape index (κ2) is 7.59. The standard InChI is InChI=1S/C19H26O3/c1-13(2)16-11-10-14(3)12-17(16)22-19(20)18(21-4)15-8-6-5-7-9-15/h5-9,14,16-18H,1,10-12H2,2-4H3/t14-,16+,17-,18?/m1/s1. The first-order chi connectivity index (χ1) is 10.5. The Bertz CT molecular complexity index is 509.